The molecule has 196 valence electrons. The number of halogens is 1. The molecule has 0 saturated carbocycles. The van der Waals surface area contributed by atoms with Gasteiger partial charge in [-0.2, -0.15) is 0 Å². The normalized spacial score (nSPS) is 11.3. The summed E-state index contributed by atoms with van der Waals surface area (Å²) in [6.45, 7) is 5.64. The Labute approximate surface area is 228 Å². The van der Waals surface area contributed by atoms with E-state index in [2.05, 4.69) is 53.1 Å². The number of amides is 1. The molecule has 0 aliphatic carbocycles. The zero-order valence-electron chi connectivity index (χ0n) is 22.2. The molecule has 0 radical (unpaired) electrons. The van der Waals surface area contributed by atoms with Gasteiger partial charge in [0.1, 0.15) is 11.6 Å². The lowest BCUT2D eigenvalue weighted by molar-refractivity contribution is 0.157. The zero-order valence-corrected chi connectivity index (χ0v) is 22.2. The van der Waals surface area contributed by atoms with Crippen LogP contribution in [0.15, 0.2) is 103 Å². The topological polar surface area (TPSA) is 34.5 Å². The first kappa shape index (κ1) is 26.0. The van der Waals surface area contributed by atoms with Crippen LogP contribution in [0, 0.1) is 5.82 Å². The quantitative estimate of drug-likeness (QED) is 0.193. The number of nitrogens with zero attached hydrogens (tertiary/aromatic N) is 2. The monoisotopic (exact) mass is 518 g/mol. The highest BCUT2D eigenvalue weighted by atomic mass is 19.1. The van der Waals surface area contributed by atoms with Gasteiger partial charge in [-0.15, -0.1) is 0 Å². The van der Waals surface area contributed by atoms with Gasteiger partial charge >= 0.3 is 6.09 Å². The van der Waals surface area contributed by atoms with Crippen molar-refractivity contribution in [2.75, 3.05) is 13.1 Å². The van der Waals surface area contributed by atoms with Crippen LogP contribution in [-0.2, 0) is 6.54 Å². The summed E-state index contributed by atoms with van der Waals surface area (Å²) < 4.78 is 21.8. The number of hydrogen-bond acceptors (Lipinski definition) is 2. The molecular weight excluding hydrogens is 487 g/mol. The predicted octanol–water partition coefficient (Wildman–Crippen LogP) is 8.51. The van der Waals surface area contributed by atoms with E-state index in [1.807, 2.05) is 56.4 Å². The molecule has 5 rings (SSSR count). The van der Waals surface area contributed by atoms with Crippen molar-refractivity contribution in [2.45, 2.75) is 20.4 Å². The van der Waals surface area contributed by atoms with Crippen molar-refractivity contribution in [2.24, 2.45) is 0 Å². The van der Waals surface area contributed by atoms with E-state index in [1.165, 1.54) is 23.3 Å². The second-order valence-electron chi connectivity index (χ2n) is 9.35. The minimum Gasteiger partial charge on any atom is -0.410 e. The fraction of sp³-hybridized carbons (Fsp3) is 0.147. The Kier molecular flexibility index (Phi) is 7.88. The standard InChI is InChI=1S/C34H31FN2O2/c1-3-36(4-2)34(38)39-32-21-20-31-30(33(32)28-16-18-29(35)19-17-28)22-23-37(31)24-27-14-12-26(13-15-27)11-10-25-8-6-5-7-9-25/h5-23H,3-4,24H2,1-2H3/b11-10+. The van der Waals surface area contributed by atoms with Crippen molar-refractivity contribution >= 4 is 29.1 Å². The molecule has 0 bridgehead atoms. The maximum absolute atomic E-state index is 13.7. The molecule has 0 aliphatic rings. The van der Waals surface area contributed by atoms with Crippen molar-refractivity contribution in [3.05, 3.63) is 126 Å². The molecule has 1 amide bonds. The minimum absolute atomic E-state index is 0.313. The zero-order chi connectivity index (χ0) is 27.2. The first-order valence-electron chi connectivity index (χ1n) is 13.2. The number of ether oxygens (including phenoxy) is 1. The highest BCUT2D eigenvalue weighted by Gasteiger charge is 2.19. The van der Waals surface area contributed by atoms with Gasteiger partial charge in [-0.1, -0.05) is 78.9 Å². The van der Waals surface area contributed by atoms with E-state index < -0.39 is 6.09 Å². The Morgan fingerprint density at radius 2 is 1.49 bits per heavy atom. The Balaban J connectivity index is 1.45. The second-order valence-corrected chi connectivity index (χ2v) is 9.35. The minimum atomic E-state index is -0.399. The van der Waals surface area contributed by atoms with Crippen LogP contribution >= 0.6 is 0 Å². The first-order chi connectivity index (χ1) is 19.1. The molecule has 0 saturated heterocycles. The van der Waals surface area contributed by atoms with Crippen LogP contribution in [0.1, 0.15) is 30.5 Å². The predicted molar refractivity (Wildman–Crippen MR) is 157 cm³/mol. The van der Waals surface area contributed by atoms with Gasteiger partial charge < -0.3 is 14.2 Å². The van der Waals surface area contributed by atoms with E-state index >= 15 is 0 Å². The van der Waals surface area contributed by atoms with E-state index in [0.29, 0.717) is 25.4 Å². The smallest absolute Gasteiger partial charge is 0.410 e. The molecule has 4 nitrogen and oxygen atoms in total. The van der Waals surface area contributed by atoms with Gasteiger partial charge in [0.2, 0.25) is 0 Å². The van der Waals surface area contributed by atoms with Gasteiger partial charge in [-0.3, -0.25) is 0 Å². The molecule has 4 aromatic carbocycles. The summed E-state index contributed by atoms with van der Waals surface area (Å²) in [6, 6.07) is 30.9. The molecule has 0 spiro atoms. The molecule has 0 fully saturated rings. The Morgan fingerprint density at radius 3 is 2.15 bits per heavy atom. The SMILES string of the molecule is CCN(CC)C(=O)Oc1ccc2c(ccn2Cc2ccc(/C=C/c3ccccc3)cc2)c1-c1ccc(F)cc1. The second kappa shape index (κ2) is 11.8. The van der Waals surface area contributed by atoms with E-state index in [9.17, 15) is 9.18 Å². The van der Waals surface area contributed by atoms with Gasteiger partial charge in [-0.05, 0) is 66.4 Å². The Hall–Kier alpha value is -4.64. The molecule has 0 atom stereocenters. The molecule has 0 aliphatic heterocycles. The van der Waals surface area contributed by atoms with Crippen molar-refractivity contribution < 1.29 is 13.9 Å². The van der Waals surface area contributed by atoms with Crippen LogP contribution in [0.5, 0.6) is 5.75 Å². The van der Waals surface area contributed by atoms with Crippen LogP contribution in [0.25, 0.3) is 34.2 Å². The highest BCUT2D eigenvalue weighted by Crippen LogP contribution is 2.38. The summed E-state index contributed by atoms with van der Waals surface area (Å²) in [5.41, 5.74) is 6.04. The third-order valence-corrected chi connectivity index (χ3v) is 6.87. The molecular formula is C34H31FN2O2. The molecule has 1 aromatic heterocycles. The summed E-state index contributed by atoms with van der Waals surface area (Å²) in [5, 5.41) is 0.939. The Bertz CT molecular complexity index is 1580. The maximum atomic E-state index is 13.7. The summed E-state index contributed by atoms with van der Waals surface area (Å²) in [6.07, 6.45) is 5.86. The summed E-state index contributed by atoms with van der Waals surface area (Å²) in [5.74, 6) is 0.144. The summed E-state index contributed by atoms with van der Waals surface area (Å²) in [4.78, 5) is 14.4. The number of aromatic nitrogens is 1. The van der Waals surface area contributed by atoms with Crippen LogP contribution in [0.3, 0.4) is 0 Å². The number of benzene rings is 4. The first-order valence-corrected chi connectivity index (χ1v) is 13.2. The Morgan fingerprint density at radius 1 is 0.821 bits per heavy atom. The van der Waals surface area contributed by atoms with Crippen LogP contribution < -0.4 is 4.74 Å². The molecule has 5 aromatic rings. The number of rotatable bonds is 8. The fourth-order valence-electron chi connectivity index (χ4n) is 4.72. The summed E-state index contributed by atoms with van der Waals surface area (Å²) in [7, 11) is 0. The molecule has 1 heterocycles. The largest absolute Gasteiger partial charge is 0.415 e. The number of fused-ring (bicyclic) bond motifs is 1. The molecule has 0 N–H and O–H groups in total. The summed E-state index contributed by atoms with van der Waals surface area (Å²) >= 11 is 0. The molecule has 5 heteroatoms. The lowest BCUT2D eigenvalue weighted by Crippen LogP contribution is -2.33. The van der Waals surface area contributed by atoms with Crippen molar-refractivity contribution in [3.8, 4) is 16.9 Å². The van der Waals surface area contributed by atoms with Crippen molar-refractivity contribution in [1.29, 1.82) is 0 Å². The van der Waals surface area contributed by atoms with E-state index in [0.717, 1.165) is 27.6 Å². The van der Waals surface area contributed by atoms with Gasteiger partial charge in [0, 0.05) is 42.3 Å². The third kappa shape index (κ3) is 5.93. The fourth-order valence-corrected chi connectivity index (χ4v) is 4.72. The van der Waals surface area contributed by atoms with Crippen LogP contribution in [-0.4, -0.2) is 28.6 Å². The van der Waals surface area contributed by atoms with Gasteiger partial charge in [0.05, 0.1) is 0 Å². The lowest BCUT2D eigenvalue weighted by atomic mass is 10.0. The van der Waals surface area contributed by atoms with E-state index in [1.54, 1.807) is 17.0 Å². The number of carbonyl (C=O) groups excluding carboxylic acids is 1. The average Bonchev–Trinajstić information content (AvgIpc) is 3.37. The van der Waals surface area contributed by atoms with Crippen LogP contribution in [0.2, 0.25) is 0 Å². The highest BCUT2D eigenvalue weighted by molar-refractivity contribution is 5.99. The lowest BCUT2D eigenvalue weighted by Gasteiger charge is -2.20. The van der Waals surface area contributed by atoms with Gasteiger partial charge in [0.25, 0.3) is 0 Å². The van der Waals surface area contributed by atoms with E-state index in [-0.39, 0.29) is 5.82 Å². The van der Waals surface area contributed by atoms with Gasteiger partial charge in [-0.25, -0.2) is 9.18 Å². The number of carbonyl (C=O) groups is 1. The van der Waals surface area contributed by atoms with Crippen molar-refractivity contribution in [3.63, 3.8) is 0 Å². The maximum Gasteiger partial charge on any atom is 0.415 e. The van der Waals surface area contributed by atoms with Crippen molar-refractivity contribution in [1.82, 2.24) is 9.47 Å². The third-order valence-electron chi connectivity index (χ3n) is 6.87. The van der Waals surface area contributed by atoms with E-state index in [4.69, 9.17) is 4.74 Å². The number of hydrogen-bond donors (Lipinski definition) is 0. The average molecular weight is 519 g/mol. The van der Waals surface area contributed by atoms with Gasteiger partial charge in [0.15, 0.2) is 0 Å². The molecule has 0 unspecified atom stereocenters. The molecule has 39 heavy (non-hydrogen) atoms. The van der Waals surface area contributed by atoms with Crippen LogP contribution in [0.4, 0.5) is 9.18 Å².